The Morgan fingerprint density at radius 2 is 2.08 bits per heavy atom. The molecule has 0 unspecified atom stereocenters. The summed E-state index contributed by atoms with van der Waals surface area (Å²) in [7, 11) is 0. The Hall–Kier alpha value is -0.840. The van der Waals surface area contributed by atoms with E-state index in [4.69, 9.17) is 5.26 Å². The number of nitrogens with zero attached hydrogens (tertiary/aromatic N) is 2. The summed E-state index contributed by atoms with van der Waals surface area (Å²) in [5, 5.41) is 8.27. The van der Waals surface area contributed by atoms with Crippen molar-refractivity contribution in [3.8, 4) is 6.07 Å². The van der Waals surface area contributed by atoms with Crippen molar-refractivity contribution in [2.24, 2.45) is 4.99 Å². The van der Waals surface area contributed by atoms with Crippen molar-refractivity contribution in [3.63, 3.8) is 0 Å². The van der Waals surface area contributed by atoms with Gasteiger partial charge in [0.2, 0.25) is 0 Å². The SMILES string of the molecule is CCCCCC/N=C\CCCC#N. The third-order valence-corrected chi connectivity index (χ3v) is 1.89. The fourth-order valence-electron chi connectivity index (χ4n) is 1.08. The number of nitriles is 1. The van der Waals surface area contributed by atoms with Gasteiger partial charge in [-0.2, -0.15) is 5.26 Å². The van der Waals surface area contributed by atoms with Crippen LogP contribution in [-0.2, 0) is 0 Å². The van der Waals surface area contributed by atoms with Crippen molar-refractivity contribution < 1.29 is 0 Å². The number of hydrogen-bond donors (Lipinski definition) is 0. The molecular formula is C11H20N2. The fourth-order valence-corrected chi connectivity index (χ4v) is 1.08. The topological polar surface area (TPSA) is 36.1 Å². The summed E-state index contributed by atoms with van der Waals surface area (Å²) < 4.78 is 0. The smallest absolute Gasteiger partial charge is 0.0621 e. The quantitative estimate of drug-likeness (QED) is 0.417. The van der Waals surface area contributed by atoms with Crippen LogP contribution in [0, 0.1) is 11.3 Å². The first-order valence-electron chi connectivity index (χ1n) is 5.27. The zero-order chi connectivity index (χ0) is 9.78. The van der Waals surface area contributed by atoms with Gasteiger partial charge in [0.25, 0.3) is 0 Å². The molecule has 0 heterocycles. The van der Waals surface area contributed by atoms with Gasteiger partial charge in [-0.15, -0.1) is 0 Å². The van der Waals surface area contributed by atoms with Crippen molar-refractivity contribution in [1.29, 1.82) is 5.26 Å². The average Bonchev–Trinajstić information content (AvgIpc) is 2.16. The molecule has 0 spiro atoms. The van der Waals surface area contributed by atoms with Gasteiger partial charge in [-0.3, -0.25) is 4.99 Å². The highest BCUT2D eigenvalue weighted by Gasteiger charge is 1.85. The van der Waals surface area contributed by atoms with E-state index in [2.05, 4.69) is 18.0 Å². The van der Waals surface area contributed by atoms with Crippen LogP contribution in [0.3, 0.4) is 0 Å². The molecule has 0 N–H and O–H groups in total. The van der Waals surface area contributed by atoms with Gasteiger partial charge in [0.15, 0.2) is 0 Å². The van der Waals surface area contributed by atoms with E-state index in [-0.39, 0.29) is 0 Å². The molecule has 2 nitrogen and oxygen atoms in total. The second-order valence-corrected chi connectivity index (χ2v) is 3.20. The highest BCUT2D eigenvalue weighted by molar-refractivity contribution is 5.56. The summed E-state index contributed by atoms with van der Waals surface area (Å²) in [6.07, 6.45) is 9.64. The normalized spacial score (nSPS) is 10.5. The van der Waals surface area contributed by atoms with Crippen molar-refractivity contribution >= 4 is 6.21 Å². The molecule has 0 aromatic heterocycles. The molecule has 0 amide bonds. The molecule has 0 rings (SSSR count). The van der Waals surface area contributed by atoms with Gasteiger partial charge in [-0.25, -0.2) is 0 Å². The summed E-state index contributed by atoms with van der Waals surface area (Å²) in [6, 6.07) is 2.12. The van der Waals surface area contributed by atoms with E-state index >= 15 is 0 Å². The zero-order valence-corrected chi connectivity index (χ0v) is 8.63. The number of hydrogen-bond acceptors (Lipinski definition) is 2. The van der Waals surface area contributed by atoms with Crippen LogP contribution in [0.4, 0.5) is 0 Å². The van der Waals surface area contributed by atoms with Gasteiger partial charge in [0, 0.05) is 13.0 Å². The predicted octanol–water partition coefficient (Wildman–Crippen LogP) is 3.33. The fraction of sp³-hybridized carbons (Fsp3) is 0.818. The maximum Gasteiger partial charge on any atom is 0.0621 e. The summed E-state index contributed by atoms with van der Waals surface area (Å²) in [5.74, 6) is 0. The van der Waals surface area contributed by atoms with E-state index in [0.29, 0.717) is 6.42 Å². The number of rotatable bonds is 8. The Kier molecular flexibility index (Phi) is 10.4. The van der Waals surface area contributed by atoms with E-state index in [9.17, 15) is 0 Å². The summed E-state index contributed by atoms with van der Waals surface area (Å²) in [4.78, 5) is 4.28. The molecular weight excluding hydrogens is 160 g/mol. The number of aliphatic imine (C=N–C) groups is 1. The van der Waals surface area contributed by atoms with Gasteiger partial charge in [0.1, 0.15) is 0 Å². The molecule has 0 saturated heterocycles. The molecule has 0 atom stereocenters. The molecule has 0 aliphatic heterocycles. The van der Waals surface area contributed by atoms with Gasteiger partial charge in [-0.1, -0.05) is 26.2 Å². The molecule has 2 heteroatoms. The molecule has 13 heavy (non-hydrogen) atoms. The lowest BCUT2D eigenvalue weighted by molar-refractivity contribution is 0.675. The molecule has 0 aliphatic carbocycles. The maximum atomic E-state index is 8.27. The highest BCUT2D eigenvalue weighted by Crippen LogP contribution is 1.98. The van der Waals surface area contributed by atoms with E-state index in [1.54, 1.807) is 0 Å². The third kappa shape index (κ3) is 11.2. The van der Waals surface area contributed by atoms with Crippen molar-refractivity contribution in [1.82, 2.24) is 0 Å². The Morgan fingerprint density at radius 3 is 2.77 bits per heavy atom. The zero-order valence-electron chi connectivity index (χ0n) is 8.63. The van der Waals surface area contributed by atoms with Gasteiger partial charge >= 0.3 is 0 Å². The van der Waals surface area contributed by atoms with E-state index < -0.39 is 0 Å². The molecule has 74 valence electrons. The predicted molar refractivity (Wildman–Crippen MR) is 57.0 cm³/mol. The van der Waals surface area contributed by atoms with Crippen LogP contribution in [0.1, 0.15) is 51.9 Å². The van der Waals surface area contributed by atoms with E-state index in [1.807, 2.05) is 6.21 Å². The maximum absolute atomic E-state index is 8.27. The minimum Gasteiger partial charge on any atom is -0.298 e. The van der Waals surface area contributed by atoms with Crippen LogP contribution in [-0.4, -0.2) is 12.8 Å². The molecule has 0 fully saturated rings. The summed E-state index contributed by atoms with van der Waals surface area (Å²) >= 11 is 0. The largest absolute Gasteiger partial charge is 0.298 e. The first kappa shape index (κ1) is 12.2. The standard InChI is InChI=1S/C11H20N2/c1-2-3-4-7-10-13-11-8-5-6-9-12/h11H,2-8,10H2,1H3/b13-11-. The number of unbranched alkanes of at least 4 members (excludes halogenated alkanes) is 5. The average molecular weight is 180 g/mol. The van der Waals surface area contributed by atoms with Crippen molar-refractivity contribution in [3.05, 3.63) is 0 Å². The van der Waals surface area contributed by atoms with Crippen LogP contribution in [0.15, 0.2) is 4.99 Å². The van der Waals surface area contributed by atoms with Crippen LogP contribution in [0.25, 0.3) is 0 Å². The van der Waals surface area contributed by atoms with Gasteiger partial charge in [0.05, 0.1) is 6.07 Å². The molecule has 0 saturated carbocycles. The highest BCUT2D eigenvalue weighted by atomic mass is 14.7. The van der Waals surface area contributed by atoms with Crippen molar-refractivity contribution in [2.75, 3.05) is 6.54 Å². The lowest BCUT2D eigenvalue weighted by atomic mass is 10.2. The van der Waals surface area contributed by atoms with Crippen LogP contribution < -0.4 is 0 Å². The first-order valence-corrected chi connectivity index (χ1v) is 5.27. The van der Waals surface area contributed by atoms with Crippen molar-refractivity contribution in [2.45, 2.75) is 51.9 Å². The molecule has 0 radical (unpaired) electrons. The molecule has 0 aliphatic rings. The van der Waals surface area contributed by atoms with Crippen LogP contribution in [0.5, 0.6) is 0 Å². The first-order chi connectivity index (χ1) is 6.41. The lowest BCUT2D eigenvalue weighted by Gasteiger charge is -1.94. The van der Waals surface area contributed by atoms with Gasteiger partial charge in [-0.05, 0) is 25.5 Å². The third-order valence-electron chi connectivity index (χ3n) is 1.89. The molecule has 0 aromatic carbocycles. The van der Waals surface area contributed by atoms with E-state index in [0.717, 1.165) is 19.4 Å². The Morgan fingerprint density at radius 1 is 1.23 bits per heavy atom. The Balaban J connectivity index is 3.00. The minimum atomic E-state index is 0.655. The summed E-state index contributed by atoms with van der Waals surface area (Å²) in [5.41, 5.74) is 0. The second kappa shape index (κ2) is 11.2. The Labute approximate surface area is 81.7 Å². The Bertz CT molecular complexity index is 156. The second-order valence-electron chi connectivity index (χ2n) is 3.20. The van der Waals surface area contributed by atoms with Crippen LogP contribution >= 0.6 is 0 Å². The van der Waals surface area contributed by atoms with Crippen LogP contribution in [0.2, 0.25) is 0 Å². The van der Waals surface area contributed by atoms with Gasteiger partial charge < -0.3 is 0 Å². The lowest BCUT2D eigenvalue weighted by Crippen LogP contribution is -1.83. The monoisotopic (exact) mass is 180 g/mol. The van der Waals surface area contributed by atoms with E-state index in [1.165, 1.54) is 25.7 Å². The minimum absolute atomic E-state index is 0.655. The summed E-state index contributed by atoms with van der Waals surface area (Å²) in [6.45, 7) is 3.18. The molecule has 0 aromatic rings. The molecule has 0 bridgehead atoms.